The lowest BCUT2D eigenvalue weighted by Gasteiger charge is -2.36. The summed E-state index contributed by atoms with van der Waals surface area (Å²) in [5.74, 6) is 0.407. The maximum Gasteiger partial charge on any atom is 0.231 e. The summed E-state index contributed by atoms with van der Waals surface area (Å²) in [7, 11) is 0. The molecule has 0 radical (unpaired) electrons. The van der Waals surface area contributed by atoms with Gasteiger partial charge < -0.3 is 15.8 Å². The molecule has 0 saturated carbocycles. The van der Waals surface area contributed by atoms with Crippen molar-refractivity contribution in [3.05, 3.63) is 18.3 Å². The van der Waals surface area contributed by atoms with Crippen molar-refractivity contribution in [2.75, 3.05) is 11.9 Å². The van der Waals surface area contributed by atoms with E-state index in [9.17, 15) is 4.79 Å². The molecule has 1 heterocycles. The number of rotatable bonds is 5. The number of ether oxygens (including phenoxy) is 1. The van der Waals surface area contributed by atoms with Crippen LogP contribution in [-0.2, 0) is 4.79 Å². The first-order chi connectivity index (χ1) is 8.68. The summed E-state index contributed by atoms with van der Waals surface area (Å²) in [5.41, 5.74) is 5.36. The summed E-state index contributed by atoms with van der Waals surface area (Å²) in [5, 5.41) is 2.82. The van der Waals surface area contributed by atoms with Crippen LogP contribution in [-0.4, -0.2) is 23.0 Å². The summed E-state index contributed by atoms with van der Waals surface area (Å²) in [4.78, 5) is 16.3. The van der Waals surface area contributed by atoms with Crippen molar-refractivity contribution in [2.45, 2.75) is 40.2 Å². The van der Waals surface area contributed by atoms with E-state index in [1.807, 2.05) is 34.6 Å². The van der Waals surface area contributed by atoms with Crippen molar-refractivity contribution >= 4 is 11.6 Å². The lowest BCUT2D eigenvalue weighted by molar-refractivity contribution is -0.126. The van der Waals surface area contributed by atoms with Crippen LogP contribution in [0.5, 0.6) is 5.88 Å². The monoisotopic (exact) mass is 265 g/mol. The Kier molecular flexibility index (Phi) is 4.52. The van der Waals surface area contributed by atoms with Crippen molar-refractivity contribution in [2.24, 2.45) is 11.1 Å². The number of hydrogen-bond acceptors (Lipinski definition) is 4. The van der Waals surface area contributed by atoms with Gasteiger partial charge in [-0.15, -0.1) is 0 Å². The molecule has 19 heavy (non-hydrogen) atoms. The molecule has 0 aromatic carbocycles. The molecular formula is C14H23N3O2. The van der Waals surface area contributed by atoms with Crippen molar-refractivity contribution in [1.82, 2.24) is 4.98 Å². The largest absolute Gasteiger partial charge is 0.478 e. The van der Waals surface area contributed by atoms with Crippen molar-refractivity contribution in [1.29, 1.82) is 0 Å². The van der Waals surface area contributed by atoms with E-state index in [0.29, 0.717) is 18.2 Å². The van der Waals surface area contributed by atoms with Gasteiger partial charge in [0.25, 0.3) is 0 Å². The van der Waals surface area contributed by atoms with Crippen molar-refractivity contribution < 1.29 is 9.53 Å². The van der Waals surface area contributed by atoms with Crippen molar-refractivity contribution in [3.8, 4) is 5.88 Å². The molecule has 1 amide bonds. The van der Waals surface area contributed by atoms with E-state index < -0.39 is 11.0 Å². The number of aromatic nitrogens is 1. The summed E-state index contributed by atoms with van der Waals surface area (Å²) in [6.07, 6.45) is 1.57. The second kappa shape index (κ2) is 5.57. The molecule has 3 N–H and O–H groups in total. The number of hydrogen-bond donors (Lipinski definition) is 2. The first-order valence-electron chi connectivity index (χ1n) is 6.37. The van der Waals surface area contributed by atoms with Gasteiger partial charge in [0, 0.05) is 11.6 Å². The van der Waals surface area contributed by atoms with E-state index in [1.54, 1.807) is 18.3 Å². The van der Waals surface area contributed by atoms with E-state index in [-0.39, 0.29) is 5.91 Å². The third-order valence-corrected chi connectivity index (χ3v) is 3.46. The van der Waals surface area contributed by atoms with Crippen LogP contribution in [0.2, 0.25) is 0 Å². The molecule has 0 unspecified atom stereocenters. The molecule has 0 bridgehead atoms. The quantitative estimate of drug-likeness (QED) is 0.855. The minimum atomic E-state index is -0.689. The lowest BCUT2D eigenvalue weighted by Crippen LogP contribution is -2.53. The Morgan fingerprint density at radius 2 is 2.00 bits per heavy atom. The molecule has 0 saturated heterocycles. The van der Waals surface area contributed by atoms with Crippen LogP contribution in [0.15, 0.2) is 18.3 Å². The van der Waals surface area contributed by atoms with Crippen LogP contribution in [0, 0.1) is 5.41 Å². The first kappa shape index (κ1) is 15.4. The summed E-state index contributed by atoms with van der Waals surface area (Å²) < 4.78 is 5.24. The zero-order valence-electron chi connectivity index (χ0n) is 12.3. The van der Waals surface area contributed by atoms with Gasteiger partial charge in [0.05, 0.1) is 23.9 Å². The lowest BCUT2D eigenvalue weighted by atomic mass is 9.74. The van der Waals surface area contributed by atoms with Gasteiger partial charge >= 0.3 is 0 Å². The van der Waals surface area contributed by atoms with E-state index in [4.69, 9.17) is 10.5 Å². The van der Waals surface area contributed by atoms with Gasteiger partial charge in [0.1, 0.15) is 0 Å². The van der Waals surface area contributed by atoms with Gasteiger partial charge in [-0.05, 0) is 40.7 Å². The average molecular weight is 265 g/mol. The Morgan fingerprint density at radius 3 is 2.42 bits per heavy atom. The van der Waals surface area contributed by atoms with Crippen LogP contribution in [0.3, 0.4) is 0 Å². The zero-order chi connectivity index (χ0) is 14.7. The third-order valence-electron chi connectivity index (χ3n) is 3.46. The molecule has 0 spiro atoms. The van der Waals surface area contributed by atoms with Crippen molar-refractivity contribution in [3.63, 3.8) is 0 Å². The highest BCUT2D eigenvalue weighted by Gasteiger charge is 2.40. The summed E-state index contributed by atoms with van der Waals surface area (Å²) >= 11 is 0. The number of nitrogens with two attached hydrogens (primary N) is 1. The van der Waals surface area contributed by atoms with Crippen LogP contribution >= 0.6 is 0 Å². The Morgan fingerprint density at radius 1 is 1.37 bits per heavy atom. The fraction of sp³-hybridized carbons (Fsp3) is 0.571. The number of amides is 1. The smallest absolute Gasteiger partial charge is 0.231 e. The van der Waals surface area contributed by atoms with Gasteiger partial charge in [0.15, 0.2) is 0 Å². The number of carbonyl (C=O) groups is 1. The standard InChI is InChI=1S/C14H23N3O2/c1-6-19-11-8-7-10(9-16-11)17-12(18)13(2,3)14(4,5)15/h7-9H,6,15H2,1-5H3,(H,17,18). The molecule has 0 aliphatic carbocycles. The Labute approximate surface area is 114 Å². The SMILES string of the molecule is CCOc1ccc(NC(=O)C(C)(C)C(C)(C)N)cn1. The number of nitrogens with zero attached hydrogens (tertiary/aromatic N) is 1. The maximum absolute atomic E-state index is 12.2. The van der Waals surface area contributed by atoms with Crippen LogP contribution in [0.25, 0.3) is 0 Å². The molecule has 0 aliphatic rings. The van der Waals surface area contributed by atoms with Gasteiger partial charge in [-0.25, -0.2) is 4.98 Å². The molecule has 5 nitrogen and oxygen atoms in total. The molecule has 5 heteroatoms. The number of pyridine rings is 1. The molecule has 1 rings (SSSR count). The fourth-order valence-electron chi connectivity index (χ4n) is 1.27. The van der Waals surface area contributed by atoms with Gasteiger partial charge in [-0.3, -0.25) is 4.79 Å². The maximum atomic E-state index is 12.2. The Hall–Kier alpha value is -1.62. The Bertz CT molecular complexity index is 433. The zero-order valence-corrected chi connectivity index (χ0v) is 12.3. The minimum absolute atomic E-state index is 0.133. The number of nitrogens with one attached hydrogen (secondary N) is 1. The normalized spacial score (nSPS) is 12.1. The van der Waals surface area contributed by atoms with Gasteiger partial charge in [0.2, 0.25) is 11.8 Å². The highest BCUT2D eigenvalue weighted by atomic mass is 16.5. The van der Waals surface area contributed by atoms with Crippen LogP contribution in [0.1, 0.15) is 34.6 Å². The second-order valence-corrected chi connectivity index (χ2v) is 5.62. The van der Waals surface area contributed by atoms with E-state index >= 15 is 0 Å². The van der Waals surface area contributed by atoms with E-state index in [2.05, 4.69) is 10.3 Å². The van der Waals surface area contributed by atoms with Gasteiger partial charge in [-0.1, -0.05) is 0 Å². The molecule has 0 fully saturated rings. The molecular weight excluding hydrogens is 242 g/mol. The Balaban J connectivity index is 2.77. The predicted molar refractivity (Wildman–Crippen MR) is 76.1 cm³/mol. The minimum Gasteiger partial charge on any atom is -0.478 e. The van der Waals surface area contributed by atoms with Crippen LogP contribution < -0.4 is 15.8 Å². The molecule has 106 valence electrons. The second-order valence-electron chi connectivity index (χ2n) is 5.62. The van der Waals surface area contributed by atoms with E-state index in [1.165, 1.54) is 0 Å². The topological polar surface area (TPSA) is 77.2 Å². The number of anilines is 1. The first-order valence-corrected chi connectivity index (χ1v) is 6.37. The predicted octanol–water partition coefficient (Wildman–Crippen LogP) is 2.18. The van der Waals surface area contributed by atoms with E-state index in [0.717, 1.165) is 0 Å². The average Bonchev–Trinajstić information content (AvgIpc) is 2.30. The van der Waals surface area contributed by atoms with Gasteiger partial charge in [-0.2, -0.15) is 0 Å². The number of carbonyl (C=O) groups excluding carboxylic acids is 1. The molecule has 0 aliphatic heterocycles. The molecule has 1 aromatic rings. The summed E-state index contributed by atoms with van der Waals surface area (Å²) in [6, 6.07) is 3.48. The summed E-state index contributed by atoms with van der Waals surface area (Å²) in [6.45, 7) is 9.77. The molecule has 0 atom stereocenters. The highest BCUT2D eigenvalue weighted by Crippen LogP contribution is 2.29. The highest BCUT2D eigenvalue weighted by molar-refractivity contribution is 5.95. The third kappa shape index (κ3) is 3.67. The molecule has 1 aromatic heterocycles. The fourth-order valence-corrected chi connectivity index (χ4v) is 1.27. The van der Waals surface area contributed by atoms with Crippen LogP contribution in [0.4, 0.5) is 5.69 Å².